The van der Waals surface area contributed by atoms with Gasteiger partial charge in [-0.15, -0.1) is 0 Å². The van der Waals surface area contributed by atoms with Crippen LogP contribution in [0.1, 0.15) is 18.3 Å². The molecule has 0 radical (unpaired) electrons. The zero-order chi connectivity index (χ0) is 11.6. The first kappa shape index (κ1) is 12.0. The van der Waals surface area contributed by atoms with Gasteiger partial charge in [-0.25, -0.2) is 5.84 Å². The fraction of sp³-hybridized carbons (Fsp3) is 0.556. The van der Waals surface area contributed by atoms with Crippen LogP contribution in [-0.2, 0) is 11.3 Å². The molecule has 1 amide bonds. The number of hydrogen-bond donors (Lipinski definition) is 2. The van der Waals surface area contributed by atoms with Crippen molar-refractivity contribution in [2.24, 2.45) is 11.8 Å². The molecule has 0 unspecified atom stereocenters. The largest absolute Gasteiger partial charge is 0.294 e. The van der Waals surface area contributed by atoms with Gasteiger partial charge in [-0.3, -0.25) is 14.9 Å². The Hall–Kier alpha value is -1.07. The van der Waals surface area contributed by atoms with Crippen LogP contribution in [0.4, 0.5) is 0 Å². The molecule has 0 aliphatic carbocycles. The molecule has 0 spiro atoms. The molecule has 0 bridgehead atoms. The van der Waals surface area contributed by atoms with Crippen LogP contribution in [-0.4, -0.2) is 15.7 Å². The number of aryl methyl sites for hydroxylation is 1. The standard InChI is InChI=1S/C9H15ClN4O/c1-5(9(15)12-11)4-14-7(3)8(10)6(2)13-14/h5H,4,11H2,1-3H3,(H,12,15)/t5-/m0/s1. The number of amides is 1. The zero-order valence-corrected chi connectivity index (χ0v) is 9.80. The summed E-state index contributed by atoms with van der Waals surface area (Å²) in [7, 11) is 0. The summed E-state index contributed by atoms with van der Waals surface area (Å²) in [4.78, 5) is 11.2. The fourth-order valence-corrected chi connectivity index (χ4v) is 1.47. The third kappa shape index (κ3) is 2.49. The van der Waals surface area contributed by atoms with Crippen molar-refractivity contribution in [2.45, 2.75) is 27.3 Å². The Morgan fingerprint density at radius 2 is 2.27 bits per heavy atom. The average Bonchev–Trinajstić information content (AvgIpc) is 2.45. The van der Waals surface area contributed by atoms with E-state index in [-0.39, 0.29) is 11.8 Å². The highest BCUT2D eigenvalue weighted by Crippen LogP contribution is 2.19. The zero-order valence-electron chi connectivity index (χ0n) is 9.04. The summed E-state index contributed by atoms with van der Waals surface area (Å²) in [6.45, 7) is 5.96. The smallest absolute Gasteiger partial charge is 0.238 e. The van der Waals surface area contributed by atoms with Crippen LogP contribution in [0.15, 0.2) is 0 Å². The van der Waals surface area contributed by atoms with Gasteiger partial charge in [0.05, 0.1) is 28.9 Å². The Balaban J connectivity index is 2.81. The molecule has 5 nitrogen and oxygen atoms in total. The Morgan fingerprint density at radius 1 is 1.67 bits per heavy atom. The van der Waals surface area contributed by atoms with E-state index in [1.165, 1.54) is 0 Å². The molecular formula is C9H15ClN4O. The number of halogens is 1. The highest BCUT2D eigenvalue weighted by Gasteiger charge is 2.16. The van der Waals surface area contributed by atoms with E-state index in [1.807, 2.05) is 13.8 Å². The molecule has 0 aliphatic rings. The monoisotopic (exact) mass is 230 g/mol. The number of nitrogens with one attached hydrogen (secondary N) is 1. The lowest BCUT2D eigenvalue weighted by Gasteiger charge is -2.10. The van der Waals surface area contributed by atoms with E-state index in [4.69, 9.17) is 17.4 Å². The van der Waals surface area contributed by atoms with E-state index in [0.717, 1.165) is 11.4 Å². The van der Waals surface area contributed by atoms with Crippen LogP contribution in [0, 0.1) is 19.8 Å². The van der Waals surface area contributed by atoms with Crippen molar-refractivity contribution in [3.63, 3.8) is 0 Å². The number of nitrogens with two attached hydrogens (primary N) is 1. The van der Waals surface area contributed by atoms with Crippen molar-refractivity contribution in [1.82, 2.24) is 15.2 Å². The molecular weight excluding hydrogens is 216 g/mol. The second kappa shape index (κ2) is 4.63. The predicted molar refractivity (Wildman–Crippen MR) is 58.2 cm³/mol. The molecule has 6 heteroatoms. The third-order valence-electron chi connectivity index (χ3n) is 2.33. The molecule has 0 aromatic carbocycles. The molecule has 84 valence electrons. The Labute approximate surface area is 93.6 Å². The summed E-state index contributed by atoms with van der Waals surface area (Å²) in [5.74, 6) is 4.60. The normalized spacial score (nSPS) is 12.6. The molecule has 1 heterocycles. The third-order valence-corrected chi connectivity index (χ3v) is 2.88. The van der Waals surface area contributed by atoms with Crippen molar-refractivity contribution in [3.8, 4) is 0 Å². The summed E-state index contributed by atoms with van der Waals surface area (Å²) in [6.07, 6.45) is 0. The lowest BCUT2D eigenvalue weighted by molar-refractivity contribution is -0.125. The number of rotatable bonds is 3. The molecule has 1 aromatic rings. The quantitative estimate of drug-likeness (QED) is 0.458. The molecule has 0 fully saturated rings. The van der Waals surface area contributed by atoms with Crippen LogP contribution in [0.5, 0.6) is 0 Å². The van der Waals surface area contributed by atoms with Crippen LogP contribution in [0.2, 0.25) is 5.02 Å². The first-order valence-corrected chi connectivity index (χ1v) is 5.05. The predicted octanol–water partition coefficient (Wildman–Crippen LogP) is 0.779. The van der Waals surface area contributed by atoms with E-state index in [0.29, 0.717) is 11.6 Å². The number of hydrogen-bond acceptors (Lipinski definition) is 3. The molecule has 0 aliphatic heterocycles. The fourth-order valence-electron chi connectivity index (χ4n) is 1.34. The molecule has 1 rings (SSSR count). The second-order valence-electron chi connectivity index (χ2n) is 3.58. The van der Waals surface area contributed by atoms with Crippen LogP contribution < -0.4 is 11.3 Å². The van der Waals surface area contributed by atoms with Gasteiger partial charge in [0.2, 0.25) is 5.91 Å². The van der Waals surface area contributed by atoms with Crippen LogP contribution >= 0.6 is 11.6 Å². The van der Waals surface area contributed by atoms with E-state index < -0.39 is 0 Å². The summed E-state index contributed by atoms with van der Waals surface area (Å²) in [5.41, 5.74) is 3.75. The molecule has 15 heavy (non-hydrogen) atoms. The van der Waals surface area contributed by atoms with Gasteiger partial charge >= 0.3 is 0 Å². The van der Waals surface area contributed by atoms with E-state index >= 15 is 0 Å². The Morgan fingerprint density at radius 3 is 2.67 bits per heavy atom. The maximum atomic E-state index is 11.2. The summed E-state index contributed by atoms with van der Waals surface area (Å²) >= 11 is 5.99. The molecule has 3 N–H and O–H groups in total. The average molecular weight is 231 g/mol. The summed E-state index contributed by atoms with van der Waals surface area (Å²) in [5, 5.41) is 4.88. The maximum absolute atomic E-state index is 11.2. The van der Waals surface area contributed by atoms with Gasteiger partial charge in [0.15, 0.2) is 0 Å². The highest BCUT2D eigenvalue weighted by atomic mass is 35.5. The number of carbonyl (C=O) groups is 1. The Kier molecular flexibility index (Phi) is 3.71. The van der Waals surface area contributed by atoms with E-state index in [9.17, 15) is 4.79 Å². The van der Waals surface area contributed by atoms with Gasteiger partial charge in [-0.2, -0.15) is 5.10 Å². The highest BCUT2D eigenvalue weighted by molar-refractivity contribution is 6.31. The van der Waals surface area contributed by atoms with E-state index in [2.05, 4.69) is 10.5 Å². The number of aromatic nitrogens is 2. The van der Waals surface area contributed by atoms with Crippen LogP contribution in [0.3, 0.4) is 0 Å². The lowest BCUT2D eigenvalue weighted by Crippen LogP contribution is -2.36. The van der Waals surface area contributed by atoms with Crippen molar-refractivity contribution in [2.75, 3.05) is 0 Å². The lowest BCUT2D eigenvalue weighted by atomic mass is 10.2. The SMILES string of the molecule is Cc1nn(C[C@H](C)C(=O)NN)c(C)c1Cl. The molecule has 0 saturated heterocycles. The first-order chi connectivity index (χ1) is 6.97. The minimum atomic E-state index is -0.232. The van der Waals surface area contributed by atoms with Gasteiger partial charge in [0, 0.05) is 0 Å². The Bertz CT molecular complexity index is 374. The van der Waals surface area contributed by atoms with Crippen LogP contribution in [0.25, 0.3) is 0 Å². The second-order valence-corrected chi connectivity index (χ2v) is 3.95. The van der Waals surface area contributed by atoms with Crippen molar-refractivity contribution >= 4 is 17.5 Å². The number of nitrogens with zero attached hydrogens (tertiary/aromatic N) is 2. The van der Waals surface area contributed by atoms with Gasteiger partial charge < -0.3 is 0 Å². The van der Waals surface area contributed by atoms with Gasteiger partial charge in [-0.05, 0) is 13.8 Å². The minimum Gasteiger partial charge on any atom is -0.294 e. The molecule has 0 saturated carbocycles. The van der Waals surface area contributed by atoms with E-state index in [1.54, 1.807) is 11.6 Å². The van der Waals surface area contributed by atoms with Gasteiger partial charge in [0.25, 0.3) is 0 Å². The summed E-state index contributed by atoms with van der Waals surface area (Å²) in [6, 6.07) is 0. The minimum absolute atomic E-state index is 0.210. The van der Waals surface area contributed by atoms with Gasteiger partial charge in [0.1, 0.15) is 0 Å². The van der Waals surface area contributed by atoms with Crippen molar-refractivity contribution in [1.29, 1.82) is 0 Å². The number of hydrazine groups is 1. The van der Waals surface area contributed by atoms with Crippen molar-refractivity contribution in [3.05, 3.63) is 16.4 Å². The molecule has 1 aromatic heterocycles. The number of carbonyl (C=O) groups excluding carboxylic acids is 1. The summed E-state index contributed by atoms with van der Waals surface area (Å²) < 4.78 is 1.72. The van der Waals surface area contributed by atoms with Gasteiger partial charge in [-0.1, -0.05) is 18.5 Å². The topological polar surface area (TPSA) is 72.9 Å². The molecule has 1 atom stereocenters. The first-order valence-electron chi connectivity index (χ1n) is 4.67. The van der Waals surface area contributed by atoms with Crippen molar-refractivity contribution < 1.29 is 4.79 Å². The maximum Gasteiger partial charge on any atom is 0.238 e.